The minimum atomic E-state index is -3.67. The molecule has 2 aromatic rings. The molecule has 156 valence electrons. The van der Waals surface area contributed by atoms with Crippen molar-refractivity contribution in [3.63, 3.8) is 0 Å². The summed E-state index contributed by atoms with van der Waals surface area (Å²) >= 11 is 0. The normalized spacial score (nSPS) is 14.6. The molecule has 0 atom stereocenters. The van der Waals surface area contributed by atoms with E-state index in [4.69, 9.17) is 4.74 Å². The lowest BCUT2D eigenvalue weighted by Gasteiger charge is -2.28. The summed E-state index contributed by atoms with van der Waals surface area (Å²) in [5.41, 5.74) is 2.56. The zero-order valence-corrected chi connectivity index (χ0v) is 17.7. The summed E-state index contributed by atoms with van der Waals surface area (Å²) in [6.45, 7) is 5.77. The summed E-state index contributed by atoms with van der Waals surface area (Å²) < 4.78 is 33.2. The van der Waals surface area contributed by atoms with Gasteiger partial charge in [-0.2, -0.15) is 4.31 Å². The summed E-state index contributed by atoms with van der Waals surface area (Å²) in [5.74, 6) is -0.282. The van der Waals surface area contributed by atoms with Gasteiger partial charge in [0, 0.05) is 31.8 Å². The minimum absolute atomic E-state index is 0.146. The van der Waals surface area contributed by atoms with Gasteiger partial charge in [-0.05, 0) is 56.0 Å². The molecule has 6 nitrogen and oxygen atoms in total. The first-order chi connectivity index (χ1) is 13.9. The topological polar surface area (TPSA) is 75.7 Å². The van der Waals surface area contributed by atoms with E-state index in [1.165, 1.54) is 15.9 Å². The van der Waals surface area contributed by atoms with E-state index in [1.54, 1.807) is 18.2 Å². The van der Waals surface area contributed by atoms with Gasteiger partial charge in [0.05, 0.1) is 11.0 Å². The lowest BCUT2D eigenvalue weighted by molar-refractivity contribution is 0.0757. The summed E-state index contributed by atoms with van der Waals surface area (Å²) in [7, 11) is -3.67. The number of sulfonamides is 1. The first-order valence-corrected chi connectivity index (χ1v) is 11.4. The third kappa shape index (κ3) is 5.44. The Hall–Kier alpha value is -2.22. The molecule has 1 N–H and O–H groups in total. The molecule has 3 rings (SSSR count). The highest BCUT2D eigenvalue weighted by Crippen LogP contribution is 2.25. The number of rotatable bonds is 8. The number of amides is 1. The van der Waals surface area contributed by atoms with Gasteiger partial charge in [-0.15, -0.1) is 0 Å². The Morgan fingerprint density at radius 2 is 1.90 bits per heavy atom. The molecule has 1 aliphatic rings. The van der Waals surface area contributed by atoms with Crippen molar-refractivity contribution in [1.82, 2.24) is 9.62 Å². The van der Waals surface area contributed by atoms with Gasteiger partial charge in [0.15, 0.2) is 0 Å². The smallest absolute Gasteiger partial charge is 0.251 e. The standard InChI is InChI=1S/C22H28N2O4S/c1-17(2)28-14-6-12-23-22(25)19-9-5-10-21(15-19)29(26,27)24-13-11-18-7-3-4-8-20(18)16-24/h3-5,7-10,15,17H,6,11-14,16H2,1-2H3,(H,23,25). The quantitative estimate of drug-likeness (QED) is 0.672. The maximum Gasteiger partial charge on any atom is 0.251 e. The predicted octanol–water partition coefficient (Wildman–Crippen LogP) is 2.98. The molecule has 0 saturated carbocycles. The van der Waals surface area contributed by atoms with Crippen molar-refractivity contribution in [2.45, 2.75) is 44.2 Å². The fourth-order valence-corrected chi connectivity index (χ4v) is 4.78. The molecule has 29 heavy (non-hydrogen) atoms. The fourth-order valence-electron chi connectivity index (χ4n) is 3.32. The van der Waals surface area contributed by atoms with E-state index in [0.29, 0.717) is 44.6 Å². The highest BCUT2D eigenvalue weighted by Gasteiger charge is 2.28. The molecule has 1 amide bonds. The third-order valence-electron chi connectivity index (χ3n) is 4.89. The van der Waals surface area contributed by atoms with Crippen LogP contribution in [-0.2, 0) is 27.7 Å². The molecule has 0 unspecified atom stereocenters. The van der Waals surface area contributed by atoms with Crippen LogP contribution in [0.1, 0.15) is 41.8 Å². The molecule has 0 spiro atoms. The lowest BCUT2D eigenvalue weighted by atomic mass is 10.0. The molecule has 1 aliphatic heterocycles. The zero-order chi connectivity index (χ0) is 20.9. The van der Waals surface area contributed by atoms with Gasteiger partial charge in [-0.1, -0.05) is 30.3 Å². The summed E-state index contributed by atoms with van der Waals surface area (Å²) in [6, 6.07) is 14.1. The second kappa shape index (κ2) is 9.52. The van der Waals surface area contributed by atoms with Gasteiger partial charge in [0.25, 0.3) is 5.91 Å². The molecule has 0 aliphatic carbocycles. The van der Waals surface area contributed by atoms with Gasteiger partial charge in [-0.25, -0.2) is 8.42 Å². The van der Waals surface area contributed by atoms with E-state index in [9.17, 15) is 13.2 Å². The van der Waals surface area contributed by atoms with Gasteiger partial charge in [0.2, 0.25) is 10.0 Å². The average Bonchev–Trinajstić information content (AvgIpc) is 2.73. The zero-order valence-electron chi connectivity index (χ0n) is 16.9. The Labute approximate surface area is 172 Å². The molecule has 2 aromatic carbocycles. The molecular weight excluding hydrogens is 388 g/mol. The van der Waals surface area contributed by atoms with Crippen LogP contribution in [0.25, 0.3) is 0 Å². The van der Waals surface area contributed by atoms with Crippen LogP contribution in [0, 0.1) is 0 Å². The van der Waals surface area contributed by atoms with Crippen LogP contribution in [0.15, 0.2) is 53.4 Å². The van der Waals surface area contributed by atoms with Crippen LogP contribution < -0.4 is 5.32 Å². The van der Waals surface area contributed by atoms with E-state index in [1.807, 2.05) is 38.1 Å². The van der Waals surface area contributed by atoms with Crippen molar-refractivity contribution in [2.75, 3.05) is 19.7 Å². The average molecular weight is 417 g/mol. The molecular formula is C22H28N2O4S. The van der Waals surface area contributed by atoms with Gasteiger partial charge < -0.3 is 10.1 Å². The maximum atomic E-state index is 13.1. The van der Waals surface area contributed by atoms with E-state index in [2.05, 4.69) is 5.32 Å². The van der Waals surface area contributed by atoms with Crippen LogP contribution in [-0.4, -0.2) is 44.4 Å². The maximum absolute atomic E-state index is 13.1. The molecule has 0 aromatic heterocycles. The van der Waals surface area contributed by atoms with Crippen LogP contribution in [0.4, 0.5) is 0 Å². The van der Waals surface area contributed by atoms with E-state index in [-0.39, 0.29) is 16.9 Å². The monoisotopic (exact) mass is 416 g/mol. The first kappa shape index (κ1) is 21.5. The van der Waals surface area contributed by atoms with Gasteiger partial charge in [-0.3, -0.25) is 4.79 Å². The van der Waals surface area contributed by atoms with Crippen LogP contribution in [0.3, 0.4) is 0 Å². The fraction of sp³-hybridized carbons (Fsp3) is 0.409. The van der Waals surface area contributed by atoms with Crippen LogP contribution in [0.2, 0.25) is 0 Å². The van der Waals surface area contributed by atoms with Crippen LogP contribution in [0.5, 0.6) is 0 Å². The molecule has 0 radical (unpaired) electrons. The van der Waals surface area contributed by atoms with Crippen molar-refractivity contribution >= 4 is 15.9 Å². The highest BCUT2D eigenvalue weighted by atomic mass is 32.2. The Balaban J connectivity index is 1.66. The molecule has 1 heterocycles. The predicted molar refractivity (Wildman–Crippen MR) is 112 cm³/mol. The number of fused-ring (bicyclic) bond motifs is 1. The number of carbonyl (C=O) groups excluding carboxylic acids is 1. The largest absolute Gasteiger partial charge is 0.379 e. The van der Waals surface area contributed by atoms with Crippen molar-refractivity contribution in [2.24, 2.45) is 0 Å². The van der Waals surface area contributed by atoms with Crippen molar-refractivity contribution in [3.05, 3.63) is 65.2 Å². The molecule has 0 bridgehead atoms. The van der Waals surface area contributed by atoms with Crippen molar-refractivity contribution in [3.8, 4) is 0 Å². The number of benzene rings is 2. The summed E-state index contributed by atoms with van der Waals surface area (Å²) in [4.78, 5) is 12.5. The molecule has 0 fully saturated rings. The third-order valence-corrected chi connectivity index (χ3v) is 6.73. The van der Waals surface area contributed by atoms with E-state index >= 15 is 0 Å². The number of nitrogens with one attached hydrogen (secondary N) is 1. The Morgan fingerprint density at radius 1 is 1.14 bits per heavy atom. The number of carbonyl (C=O) groups is 1. The summed E-state index contributed by atoms with van der Waals surface area (Å²) in [5, 5.41) is 2.82. The Bertz CT molecular complexity index is 957. The van der Waals surface area contributed by atoms with Gasteiger partial charge in [0.1, 0.15) is 0 Å². The van der Waals surface area contributed by atoms with E-state index < -0.39 is 10.0 Å². The van der Waals surface area contributed by atoms with Crippen LogP contribution >= 0.6 is 0 Å². The summed E-state index contributed by atoms with van der Waals surface area (Å²) in [6.07, 6.45) is 1.55. The Morgan fingerprint density at radius 3 is 2.66 bits per heavy atom. The van der Waals surface area contributed by atoms with E-state index in [0.717, 1.165) is 5.56 Å². The van der Waals surface area contributed by atoms with Crippen molar-refractivity contribution in [1.29, 1.82) is 0 Å². The number of ether oxygens (including phenoxy) is 1. The Kier molecular flexibility index (Phi) is 7.05. The second-order valence-corrected chi connectivity index (χ2v) is 9.35. The second-order valence-electron chi connectivity index (χ2n) is 7.41. The molecule has 7 heteroatoms. The number of hydrogen-bond acceptors (Lipinski definition) is 4. The highest BCUT2D eigenvalue weighted by molar-refractivity contribution is 7.89. The molecule has 0 saturated heterocycles. The number of nitrogens with zero attached hydrogens (tertiary/aromatic N) is 1. The van der Waals surface area contributed by atoms with Crippen molar-refractivity contribution < 1.29 is 17.9 Å². The lowest BCUT2D eigenvalue weighted by Crippen LogP contribution is -2.36. The number of hydrogen-bond donors (Lipinski definition) is 1. The first-order valence-electron chi connectivity index (χ1n) is 9.95. The van der Waals surface area contributed by atoms with Gasteiger partial charge >= 0.3 is 0 Å². The SMILES string of the molecule is CC(C)OCCCNC(=O)c1cccc(S(=O)(=O)N2CCc3ccccc3C2)c1. The minimum Gasteiger partial charge on any atom is -0.379 e.